The molecule has 0 atom stereocenters. The molecule has 1 aromatic heterocycles. The molecule has 0 amide bonds. The van der Waals surface area contributed by atoms with Crippen molar-refractivity contribution in [3.63, 3.8) is 0 Å². The van der Waals surface area contributed by atoms with Crippen molar-refractivity contribution in [1.29, 1.82) is 0 Å². The maximum Gasteiger partial charge on any atom is 0.434 e. The summed E-state index contributed by atoms with van der Waals surface area (Å²) in [4.78, 5) is 7.82. The Bertz CT molecular complexity index is 720. The fraction of sp³-hybridized carbons (Fsp3) is 0.412. The van der Waals surface area contributed by atoms with E-state index in [9.17, 15) is 13.2 Å². The van der Waals surface area contributed by atoms with Crippen molar-refractivity contribution < 1.29 is 17.9 Å². The number of thiazole rings is 1. The number of rotatable bonds is 7. The van der Waals surface area contributed by atoms with Gasteiger partial charge in [-0.1, -0.05) is 17.7 Å². The Labute approximate surface area is 177 Å². The van der Waals surface area contributed by atoms with Crippen molar-refractivity contribution in [1.82, 2.24) is 15.6 Å². The lowest BCUT2D eigenvalue weighted by Gasteiger charge is -2.12. The van der Waals surface area contributed by atoms with Crippen molar-refractivity contribution in [2.24, 2.45) is 4.99 Å². The van der Waals surface area contributed by atoms with Gasteiger partial charge in [0.2, 0.25) is 0 Å². The molecule has 0 bridgehead atoms. The molecule has 0 unspecified atom stereocenters. The lowest BCUT2D eigenvalue weighted by atomic mass is 10.2. The number of aromatic nitrogens is 1. The number of aliphatic imine (C=N–C) groups is 1. The van der Waals surface area contributed by atoms with Gasteiger partial charge in [-0.15, -0.1) is 35.3 Å². The first-order valence-electron chi connectivity index (χ1n) is 8.11. The Morgan fingerprint density at radius 3 is 2.52 bits per heavy atom. The number of hydrogen-bond donors (Lipinski definition) is 2. The summed E-state index contributed by atoms with van der Waals surface area (Å²) in [7, 11) is 0. The second kappa shape index (κ2) is 11.3. The number of hydrogen-bond acceptors (Lipinski definition) is 4. The average Bonchev–Trinajstić information content (AvgIpc) is 3.07. The van der Waals surface area contributed by atoms with Gasteiger partial charge < -0.3 is 15.4 Å². The van der Waals surface area contributed by atoms with Crippen LogP contribution in [0, 0.1) is 6.92 Å². The zero-order chi connectivity index (χ0) is 19.0. The molecule has 5 nitrogen and oxygen atoms in total. The van der Waals surface area contributed by atoms with Crippen molar-refractivity contribution in [3.8, 4) is 5.75 Å². The second-order valence-corrected chi connectivity index (χ2v) is 6.35. The topological polar surface area (TPSA) is 58.5 Å². The SMILES string of the molecule is CCNC(=NCc1nc(C(F)(F)F)cs1)NCCOc1ccc(C)cc1.I. The van der Waals surface area contributed by atoms with E-state index < -0.39 is 11.9 Å². The minimum absolute atomic E-state index is 0. The maximum atomic E-state index is 12.6. The fourth-order valence-electron chi connectivity index (χ4n) is 1.97. The van der Waals surface area contributed by atoms with Gasteiger partial charge >= 0.3 is 6.18 Å². The molecule has 2 aromatic rings. The maximum absolute atomic E-state index is 12.6. The number of guanidine groups is 1. The number of alkyl halides is 3. The fourth-order valence-corrected chi connectivity index (χ4v) is 2.70. The van der Waals surface area contributed by atoms with Gasteiger partial charge in [0.1, 0.15) is 17.4 Å². The summed E-state index contributed by atoms with van der Waals surface area (Å²) in [5.74, 6) is 1.28. The number of nitrogens with zero attached hydrogens (tertiary/aromatic N) is 2. The molecule has 10 heteroatoms. The zero-order valence-corrected chi connectivity index (χ0v) is 18.1. The lowest BCUT2D eigenvalue weighted by molar-refractivity contribution is -0.140. The molecule has 2 N–H and O–H groups in total. The molecule has 1 heterocycles. The van der Waals surface area contributed by atoms with Gasteiger partial charge in [0.15, 0.2) is 11.7 Å². The van der Waals surface area contributed by atoms with Crippen molar-refractivity contribution in [2.75, 3.05) is 19.7 Å². The first kappa shape index (κ1) is 23.5. The Morgan fingerprint density at radius 2 is 1.93 bits per heavy atom. The van der Waals surface area contributed by atoms with Gasteiger partial charge in [-0.2, -0.15) is 13.2 Å². The number of ether oxygens (including phenoxy) is 1. The van der Waals surface area contributed by atoms with Crippen LogP contribution in [0.3, 0.4) is 0 Å². The highest BCUT2D eigenvalue weighted by molar-refractivity contribution is 14.0. The minimum Gasteiger partial charge on any atom is -0.492 e. The van der Waals surface area contributed by atoms with Crippen molar-refractivity contribution in [3.05, 3.63) is 45.9 Å². The van der Waals surface area contributed by atoms with Gasteiger partial charge in [0, 0.05) is 11.9 Å². The highest BCUT2D eigenvalue weighted by atomic mass is 127. The van der Waals surface area contributed by atoms with Crippen LogP contribution in [0.15, 0.2) is 34.6 Å². The van der Waals surface area contributed by atoms with Crippen LogP contribution in [0.2, 0.25) is 0 Å². The molecule has 0 aliphatic heterocycles. The average molecular weight is 514 g/mol. The molecule has 0 radical (unpaired) electrons. The lowest BCUT2D eigenvalue weighted by Crippen LogP contribution is -2.39. The highest BCUT2D eigenvalue weighted by Gasteiger charge is 2.33. The summed E-state index contributed by atoms with van der Waals surface area (Å²) >= 11 is 0.945. The molecular weight excluding hydrogens is 492 g/mol. The predicted octanol–water partition coefficient (Wildman–Crippen LogP) is 4.22. The molecule has 0 aliphatic carbocycles. The second-order valence-electron chi connectivity index (χ2n) is 5.41. The summed E-state index contributed by atoms with van der Waals surface area (Å²) < 4.78 is 43.3. The molecule has 1 aromatic carbocycles. The number of nitrogens with one attached hydrogen (secondary N) is 2. The van der Waals surface area contributed by atoms with Crippen LogP contribution in [0.5, 0.6) is 5.75 Å². The molecule has 150 valence electrons. The van der Waals surface area contributed by atoms with Crippen LogP contribution in [0.4, 0.5) is 13.2 Å². The van der Waals surface area contributed by atoms with Crippen molar-refractivity contribution >= 4 is 41.3 Å². The normalized spacial score (nSPS) is 11.7. The van der Waals surface area contributed by atoms with Crippen molar-refractivity contribution in [2.45, 2.75) is 26.6 Å². The Hall–Kier alpha value is -1.56. The van der Waals surface area contributed by atoms with E-state index in [2.05, 4.69) is 20.6 Å². The first-order chi connectivity index (χ1) is 12.4. The number of aryl methyl sites for hydroxylation is 1. The van der Waals surface area contributed by atoms with Gasteiger partial charge in [0.05, 0.1) is 13.1 Å². The summed E-state index contributed by atoms with van der Waals surface area (Å²) in [6.07, 6.45) is -4.42. The minimum atomic E-state index is -4.42. The number of benzene rings is 1. The van der Waals surface area contributed by atoms with E-state index in [0.29, 0.717) is 30.7 Å². The Morgan fingerprint density at radius 1 is 1.22 bits per heavy atom. The van der Waals surface area contributed by atoms with E-state index in [-0.39, 0.29) is 30.5 Å². The molecule has 27 heavy (non-hydrogen) atoms. The number of halogens is 4. The van der Waals surface area contributed by atoms with Crippen LogP contribution >= 0.6 is 35.3 Å². The van der Waals surface area contributed by atoms with Crippen LogP contribution in [0.1, 0.15) is 23.2 Å². The van der Waals surface area contributed by atoms with E-state index in [1.54, 1.807) is 0 Å². The monoisotopic (exact) mass is 514 g/mol. The van der Waals surface area contributed by atoms with Gasteiger partial charge in [0.25, 0.3) is 0 Å². The van der Waals surface area contributed by atoms with Gasteiger partial charge in [-0.05, 0) is 26.0 Å². The van der Waals surface area contributed by atoms with Gasteiger partial charge in [-0.3, -0.25) is 0 Å². The van der Waals surface area contributed by atoms with E-state index in [1.807, 2.05) is 38.1 Å². The van der Waals surface area contributed by atoms with Crippen LogP contribution in [-0.4, -0.2) is 30.6 Å². The van der Waals surface area contributed by atoms with Crippen LogP contribution in [0.25, 0.3) is 0 Å². The quantitative estimate of drug-likeness (QED) is 0.252. The summed E-state index contributed by atoms with van der Waals surface area (Å²) in [6.45, 7) is 5.56. The molecule has 0 fully saturated rings. The molecule has 0 saturated carbocycles. The summed E-state index contributed by atoms with van der Waals surface area (Å²) in [6, 6.07) is 7.74. The smallest absolute Gasteiger partial charge is 0.434 e. The third-order valence-corrected chi connectivity index (χ3v) is 4.08. The van der Waals surface area contributed by atoms with Crippen LogP contribution in [-0.2, 0) is 12.7 Å². The predicted molar refractivity (Wildman–Crippen MR) is 112 cm³/mol. The van der Waals surface area contributed by atoms with E-state index in [1.165, 1.54) is 0 Å². The molecule has 0 aliphatic rings. The van der Waals surface area contributed by atoms with Gasteiger partial charge in [-0.25, -0.2) is 9.98 Å². The summed E-state index contributed by atoms with van der Waals surface area (Å²) in [5.41, 5.74) is 0.282. The van der Waals surface area contributed by atoms with Crippen LogP contribution < -0.4 is 15.4 Å². The molecular formula is C17H22F3IN4OS. The third kappa shape index (κ3) is 8.33. The van der Waals surface area contributed by atoms with E-state index >= 15 is 0 Å². The first-order valence-corrected chi connectivity index (χ1v) is 8.99. The molecule has 0 saturated heterocycles. The third-order valence-electron chi connectivity index (χ3n) is 3.24. The van der Waals surface area contributed by atoms with E-state index in [0.717, 1.165) is 28.0 Å². The highest BCUT2D eigenvalue weighted by Crippen LogP contribution is 2.30. The zero-order valence-electron chi connectivity index (χ0n) is 15.0. The van der Waals surface area contributed by atoms with E-state index in [4.69, 9.17) is 4.74 Å². The largest absolute Gasteiger partial charge is 0.492 e. The molecule has 0 spiro atoms. The molecule has 2 rings (SSSR count). The Kier molecular flexibility index (Phi) is 9.84. The standard InChI is InChI=1S/C17H21F3N4OS.HI/c1-3-21-16(22-8-9-25-13-6-4-12(2)5-7-13)23-10-15-24-14(11-26-15)17(18,19)20;/h4-7,11H,3,8-10H2,1-2H3,(H2,21,22,23);1H. The Balaban J connectivity index is 0.00000364. The summed E-state index contributed by atoms with van der Waals surface area (Å²) in [5, 5.41) is 7.42.